The number of rotatable bonds is 5. The Morgan fingerprint density at radius 1 is 1.19 bits per heavy atom. The molecule has 136 valence electrons. The molecule has 0 aliphatic heterocycles. The summed E-state index contributed by atoms with van der Waals surface area (Å²) < 4.78 is 16.4. The van der Waals surface area contributed by atoms with Gasteiger partial charge < -0.3 is 13.9 Å². The van der Waals surface area contributed by atoms with Crippen molar-refractivity contribution in [3.05, 3.63) is 57.6 Å². The van der Waals surface area contributed by atoms with Crippen molar-refractivity contribution in [2.24, 2.45) is 0 Å². The molecule has 26 heavy (non-hydrogen) atoms. The number of carbonyl (C=O) groups is 1. The van der Waals surface area contributed by atoms with Gasteiger partial charge in [-0.05, 0) is 51.1 Å². The summed E-state index contributed by atoms with van der Waals surface area (Å²) in [5, 5.41) is 1.60. The molecule has 0 amide bonds. The monoisotopic (exact) mass is 393 g/mol. The van der Waals surface area contributed by atoms with Gasteiger partial charge in [-0.1, -0.05) is 23.2 Å². The van der Waals surface area contributed by atoms with Gasteiger partial charge in [-0.25, -0.2) is 9.78 Å². The van der Waals surface area contributed by atoms with E-state index in [-0.39, 0.29) is 18.5 Å². The molecule has 2 heterocycles. The molecule has 3 rings (SSSR count). The van der Waals surface area contributed by atoms with Crippen LogP contribution >= 0.6 is 23.2 Å². The molecule has 0 atom stereocenters. The van der Waals surface area contributed by atoms with Crippen LogP contribution in [0.25, 0.3) is 10.9 Å². The highest BCUT2D eigenvalue weighted by Crippen LogP contribution is 2.37. The maximum Gasteiger partial charge on any atom is 0.374 e. The van der Waals surface area contributed by atoms with E-state index in [4.69, 9.17) is 37.1 Å². The fraction of sp³-hybridized carbons (Fsp3) is 0.263. The van der Waals surface area contributed by atoms with Crippen molar-refractivity contribution in [2.75, 3.05) is 0 Å². The van der Waals surface area contributed by atoms with Crippen LogP contribution in [0.1, 0.15) is 35.9 Å². The number of fused-ring (bicyclic) bond motifs is 1. The van der Waals surface area contributed by atoms with Crippen molar-refractivity contribution in [2.45, 2.75) is 33.5 Å². The number of ether oxygens (including phenoxy) is 2. The number of halogens is 2. The lowest BCUT2D eigenvalue weighted by atomic mass is 10.2. The highest BCUT2D eigenvalue weighted by molar-refractivity contribution is 6.39. The van der Waals surface area contributed by atoms with Crippen molar-refractivity contribution in [3.8, 4) is 5.75 Å². The second kappa shape index (κ2) is 7.56. The molecule has 0 fully saturated rings. The average molecular weight is 394 g/mol. The summed E-state index contributed by atoms with van der Waals surface area (Å²) in [7, 11) is 0. The van der Waals surface area contributed by atoms with Gasteiger partial charge in [0.15, 0.2) is 5.75 Å². The van der Waals surface area contributed by atoms with E-state index in [0.717, 1.165) is 11.1 Å². The zero-order valence-corrected chi connectivity index (χ0v) is 16.0. The van der Waals surface area contributed by atoms with Crippen molar-refractivity contribution in [3.63, 3.8) is 0 Å². The van der Waals surface area contributed by atoms with Crippen molar-refractivity contribution < 1.29 is 18.7 Å². The number of furan rings is 1. The predicted molar refractivity (Wildman–Crippen MR) is 100 cm³/mol. The normalized spacial score (nSPS) is 11.2. The number of pyridine rings is 1. The molecule has 0 spiro atoms. The lowest BCUT2D eigenvalue weighted by Gasteiger charge is -2.11. The number of aryl methyl sites for hydroxylation is 1. The lowest BCUT2D eigenvalue weighted by molar-refractivity contribution is 0.0337. The summed E-state index contributed by atoms with van der Waals surface area (Å²) in [5.74, 6) is 0.488. The van der Waals surface area contributed by atoms with Crippen LogP contribution in [0.15, 0.2) is 34.7 Å². The third-order valence-corrected chi connectivity index (χ3v) is 4.14. The van der Waals surface area contributed by atoms with E-state index < -0.39 is 5.97 Å². The van der Waals surface area contributed by atoms with Crippen LogP contribution in [-0.2, 0) is 11.3 Å². The van der Waals surface area contributed by atoms with E-state index in [9.17, 15) is 4.79 Å². The zero-order valence-electron chi connectivity index (χ0n) is 14.5. The highest BCUT2D eigenvalue weighted by atomic mass is 35.5. The Hall–Kier alpha value is -2.24. The number of aromatic nitrogens is 1. The Labute approximate surface area is 160 Å². The summed E-state index contributed by atoms with van der Waals surface area (Å²) in [6, 6.07) is 8.56. The molecular weight excluding hydrogens is 377 g/mol. The Morgan fingerprint density at radius 2 is 1.96 bits per heavy atom. The number of hydrogen-bond acceptors (Lipinski definition) is 5. The van der Waals surface area contributed by atoms with E-state index in [1.807, 2.05) is 19.1 Å². The minimum Gasteiger partial charge on any atom is -0.482 e. The molecule has 0 bridgehead atoms. The van der Waals surface area contributed by atoms with Gasteiger partial charge in [0.2, 0.25) is 5.76 Å². The lowest BCUT2D eigenvalue weighted by Crippen LogP contribution is -2.10. The van der Waals surface area contributed by atoms with Crippen molar-refractivity contribution in [1.82, 2.24) is 4.98 Å². The van der Waals surface area contributed by atoms with Crippen LogP contribution in [0.4, 0.5) is 0 Å². The molecular formula is C19H17Cl2NO4. The van der Waals surface area contributed by atoms with Crippen molar-refractivity contribution >= 4 is 40.1 Å². The van der Waals surface area contributed by atoms with Crippen LogP contribution in [0.2, 0.25) is 10.0 Å². The van der Waals surface area contributed by atoms with Crippen LogP contribution in [-0.4, -0.2) is 17.1 Å². The van der Waals surface area contributed by atoms with E-state index in [0.29, 0.717) is 27.1 Å². The van der Waals surface area contributed by atoms with Gasteiger partial charge >= 0.3 is 5.97 Å². The smallest absolute Gasteiger partial charge is 0.374 e. The van der Waals surface area contributed by atoms with Gasteiger partial charge in [0.05, 0.1) is 16.1 Å². The SMILES string of the molecule is Cc1ccc2c(Cl)cc(Cl)c(OCc3ccc(C(=O)OC(C)C)o3)c2n1. The fourth-order valence-corrected chi connectivity index (χ4v) is 2.98. The first kappa shape index (κ1) is 18.5. The second-order valence-corrected chi connectivity index (χ2v) is 6.84. The van der Waals surface area contributed by atoms with E-state index in [2.05, 4.69) is 4.98 Å². The Bertz CT molecular complexity index is 966. The molecule has 0 unspecified atom stereocenters. The average Bonchev–Trinajstić information content (AvgIpc) is 3.02. The summed E-state index contributed by atoms with van der Waals surface area (Å²) in [4.78, 5) is 16.3. The topological polar surface area (TPSA) is 61.6 Å². The largest absolute Gasteiger partial charge is 0.482 e. The third-order valence-electron chi connectivity index (χ3n) is 3.54. The van der Waals surface area contributed by atoms with E-state index >= 15 is 0 Å². The number of carbonyl (C=O) groups excluding carboxylic acids is 1. The number of nitrogens with zero attached hydrogens (tertiary/aromatic N) is 1. The van der Waals surface area contributed by atoms with E-state index in [1.165, 1.54) is 0 Å². The van der Waals surface area contributed by atoms with Crippen LogP contribution < -0.4 is 4.74 Å². The van der Waals surface area contributed by atoms with Crippen molar-refractivity contribution in [1.29, 1.82) is 0 Å². The van der Waals surface area contributed by atoms with Gasteiger partial charge in [0.1, 0.15) is 17.9 Å². The third kappa shape index (κ3) is 3.94. The molecule has 5 nitrogen and oxygen atoms in total. The Balaban J connectivity index is 1.83. The van der Waals surface area contributed by atoms with Gasteiger partial charge in [-0.3, -0.25) is 0 Å². The molecule has 7 heteroatoms. The molecule has 0 saturated heterocycles. The summed E-state index contributed by atoms with van der Waals surface area (Å²) in [6.07, 6.45) is -0.221. The zero-order chi connectivity index (χ0) is 18.8. The van der Waals surface area contributed by atoms with Gasteiger partial charge in [-0.15, -0.1) is 0 Å². The first-order valence-corrected chi connectivity index (χ1v) is 8.78. The first-order valence-electron chi connectivity index (χ1n) is 8.03. The number of esters is 1. The minimum absolute atomic E-state index is 0.0844. The maximum atomic E-state index is 11.8. The predicted octanol–water partition coefficient (Wildman–Crippen LogP) is 5.59. The molecule has 0 N–H and O–H groups in total. The van der Waals surface area contributed by atoms with Crippen LogP contribution in [0.5, 0.6) is 5.75 Å². The van der Waals surface area contributed by atoms with Crippen LogP contribution in [0, 0.1) is 6.92 Å². The first-order chi connectivity index (χ1) is 12.3. The second-order valence-electron chi connectivity index (χ2n) is 6.03. The number of hydrogen-bond donors (Lipinski definition) is 0. The standard InChI is InChI=1S/C19H17Cl2NO4/c1-10(2)25-19(23)16-7-5-12(26-16)9-24-18-15(21)8-14(20)13-6-4-11(3)22-17(13)18/h4-8,10H,9H2,1-3H3. The maximum absolute atomic E-state index is 11.8. The minimum atomic E-state index is -0.515. The molecule has 0 saturated carbocycles. The van der Waals surface area contributed by atoms with Crippen LogP contribution in [0.3, 0.4) is 0 Å². The quantitative estimate of drug-likeness (QED) is 0.528. The molecule has 1 aromatic carbocycles. The number of benzene rings is 1. The fourth-order valence-electron chi connectivity index (χ4n) is 2.41. The Morgan fingerprint density at radius 3 is 2.69 bits per heavy atom. The molecule has 0 radical (unpaired) electrons. The van der Waals surface area contributed by atoms with Gasteiger partial charge in [0, 0.05) is 11.1 Å². The Kier molecular flexibility index (Phi) is 5.39. The van der Waals surface area contributed by atoms with Gasteiger partial charge in [-0.2, -0.15) is 0 Å². The summed E-state index contributed by atoms with van der Waals surface area (Å²) >= 11 is 12.5. The van der Waals surface area contributed by atoms with Gasteiger partial charge in [0.25, 0.3) is 0 Å². The highest BCUT2D eigenvalue weighted by Gasteiger charge is 2.17. The molecule has 0 aliphatic carbocycles. The summed E-state index contributed by atoms with van der Waals surface area (Å²) in [5.41, 5.74) is 1.39. The molecule has 0 aliphatic rings. The molecule has 3 aromatic rings. The summed E-state index contributed by atoms with van der Waals surface area (Å²) in [6.45, 7) is 5.50. The van der Waals surface area contributed by atoms with E-state index in [1.54, 1.807) is 32.0 Å². The molecule has 2 aromatic heterocycles.